The predicted molar refractivity (Wildman–Crippen MR) is 83.8 cm³/mol. The lowest BCUT2D eigenvalue weighted by atomic mass is 10.0. The molecular weight excluding hydrogens is 262 g/mol. The predicted octanol–water partition coefficient (Wildman–Crippen LogP) is 3.57. The Morgan fingerprint density at radius 3 is 2.67 bits per heavy atom. The van der Waals surface area contributed by atoms with Crippen LogP contribution in [0.25, 0.3) is 11.0 Å². The van der Waals surface area contributed by atoms with Crippen molar-refractivity contribution < 1.29 is 4.79 Å². The fourth-order valence-electron chi connectivity index (χ4n) is 3.13. The van der Waals surface area contributed by atoms with Crippen LogP contribution in [0.1, 0.15) is 51.4 Å². The summed E-state index contributed by atoms with van der Waals surface area (Å²) in [7, 11) is 0. The van der Waals surface area contributed by atoms with Crippen LogP contribution in [0.3, 0.4) is 0 Å². The van der Waals surface area contributed by atoms with E-state index in [-0.39, 0.29) is 17.9 Å². The minimum absolute atomic E-state index is 0.0505. The van der Waals surface area contributed by atoms with Crippen LogP contribution in [-0.2, 0) is 4.79 Å². The monoisotopic (exact) mass is 285 g/mol. The molecule has 1 aromatic carbocycles. The number of imidazole rings is 1. The summed E-state index contributed by atoms with van der Waals surface area (Å²) < 4.78 is 0. The number of carbonyl (C=O) groups is 1. The number of amides is 1. The fraction of sp³-hybridized carbons (Fsp3) is 0.529. The van der Waals surface area contributed by atoms with Gasteiger partial charge in [-0.05, 0) is 30.9 Å². The molecule has 1 heterocycles. The van der Waals surface area contributed by atoms with Crippen LogP contribution in [-0.4, -0.2) is 15.9 Å². The second kappa shape index (κ2) is 5.88. The van der Waals surface area contributed by atoms with Crippen LogP contribution in [0.4, 0.5) is 0 Å². The van der Waals surface area contributed by atoms with E-state index in [0.717, 1.165) is 29.7 Å². The third-order valence-electron chi connectivity index (χ3n) is 4.39. The summed E-state index contributed by atoms with van der Waals surface area (Å²) >= 11 is 0. The quantitative estimate of drug-likeness (QED) is 0.902. The topological polar surface area (TPSA) is 57.8 Å². The van der Waals surface area contributed by atoms with Crippen LogP contribution in [0.15, 0.2) is 24.3 Å². The highest BCUT2D eigenvalue weighted by Crippen LogP contribution is 2.27. The zero-order valence-corrected chi connectivity index (χ0v) is 12.7. The Balaban J connectivity index is 1.81. The molecule has 1 fully saturated rings. The fourth-order valence-corrected chi connectivity index (χ4v) is 3.13. The number of benzene rings is 1. The maximum absolute atomic E-state index is 12.4. The van der Waals surface area contributed by atoms with Crippen molar-refractivity contribution in [3.8, 4) is 0 Å². The molecule has 4 heteroatoms. The molecule has 0 spiro atoms. The molecule has 0 aliphatic heterocycles. The Hall–Kier alpha value is -1.84. The Bertz CT molecular complexity index is 593. The van der Waals surface area contributed by atoms with E-state index in [9.17, 15) is 4.79 Å². The Labute approximate surface area is 125 Å². The van der Waals surface area contributed by atoms with Gasteiger partial charge in [0.25, 0.3) is 0 Å². The van der Waals surface area contributed by atoms with E-state index in [4.69, 9.17) is 0 Å². The Morgan fingerprint density at radius 1 is 1.29 bits per heavy atom. The van der Waals surface area contributed by atoms with Gasteiger partial charge in [0, 0.05) is 5.92 Å². The number of rotatable bonds is 4. The maximum atomic E-state index is 12.4. The lowest BCUT2D eigenvalue weighted by Gasteiger charge is -2.22. The highest BCUT2D eigenvalue weighted by molar-refractivity contribution is 5.79. The third kappa shape index (κ3) is 2.94. The molecule has 4 nitrogen and oxygen atoms in total. The Kier molecular flexibility index (Phi) is 3.95. The third-order valence-corrected chi connectivity index (χ3v) is 4.39. The number of hydrogen-bond donors (Lipinski definition) is 2. The van der Waals surface area contributed by atoms with E-state index in [1.165, 1.54) is 12.8 Å². The number of carbonyl (C=O) groups excluding carboxylic acids is 1. The molecule has 1 amide bonds. The number of fused-ring (bicyclic) bond motifs is 1. The average molecular weight is 285 g/mol. The van der Waals surface area contributed by atoms with E-state index < -0.39 is 0 Å². The normalized spacial score (nSPS) is 17.5. The summed E-state index contributed by atoms with van der Waals surface area (Å²) in [5, 5.41) is 3.20. The van der Waals surface area contributed by atoms with Gasteiger partial charge in [-0.2, -0.15) is 0 Å². The second-order valence-electron chi connectivity index (χ2n) is 6.35. The first-order chi connectivity index (χ1) is 10.1. The zero-order valence-electron chi connectivity index (χ0n) is 12.7. The standard InChI is InChI=1S/C17H23N3O/c1-11(2)15(20-17(21)12-7-3-4-8-12)16-18-13-9-5-6-10-14(13)19-16/h5-6,9-12,15H,3-4,7-8H2,1-2H3,(H,18,19)(H,20,21)/t15-/m1/s1. The second-order valence-corrected chi connectivity index (χ2v) is 6.35. The SMILES string of the molecule is CC(C)[C@@H](NC(=O)C1CCCC1)c1nc2ccccc2[nH]1. The number of H-pyrrole nitrogens is 1. The number of hydrogen-bond acceptors (Lipinski definition) is 2. The number of nitrogens with zero attached hydrogens (tertiary/aromatic N) is 1. The zero-order chi connectivity index (χ0) is 14.8. The van der Waals surface area contributed by atoms with Gasteiger partial charge in [-0.3, -0.25) is 4.79 Å². The minimum Gasteiger partial charge on any atom is -0.346 e. The van der Waals surface area contributed by atoms with E-state index in [0.29, 0.717) is 5.92 Å². The molecule has 1 aliphatic carbocycles. The van der Waals surface area contributed by atoms with Gasteiger partial charge in [0.1, 0.15) is 5.82 Å². The summed E-state index contributed by atoms with van der Waals surface area (Å²) in [4.78, 5) is 20.4. The van der Waals surface area contributed by atoms with Crippen molar-refractivity contribution in [1.29, 1.82) is 0 Å². The number of aromatic amines is 1. The van der Waals surface area contributed by atoms with E-state index in [2.05, 4.69) is 29.1 Å². The van der Waals surface area contributed by atoms with Gasteiger partial charge in [0.05, 0.1) is 17.1 Å². The van der Waals surface area contributed by atoms with Crippen LogP contribution in [0, 0.1) is 11.8 Å². The number of nitrogens with one attached hydrogen (secondary N) is 2. The van der Waals surface area contributed by atoms with Gasteiger partial charge in [0.2, 0.25) is 5.91 Å². The molecule has 112 valence electrons. The van der Waals surface area contributed by atoms with Crippen molar-refractivity contribution in [1.82, 2.24) is 15.3 Å². The van der Waals surface area contributed by atoms with Crippen LogP contribution in [0.5, 0.6) is 0 Å². The molecule has 0 unspecified atom stereocenters. The summed E-state index contributed by atoms with van der Waals surface area (Å²) in [6.45, 7) is 4.24. The van der Waals surface area contributed by atoms with Crippen molar-refractivity contribution in [3.05, 3.63) is 30.1 Å². The van der Waals surface area contributed by atoms with Gasteiger partial charge in [-0.1, -0.05) is 38.8 Å². The lowest BCUT2D eigenvalue weighted by molar-refractivity contribution is -0.126. The van der Waals surface area contributed by atoms with E-state index in [1.807, 2.05) is 24.3 Å². The van der Waals surface area contributed by atoms with Crippen LogP contribution in [0.2, 0.25) is 0 Å². The van der Waals surface area contributed by atoms with Gasteiger partial charge in [0.15, 0.2) is 0 Å². The molecule has 0 saturated heterocycles. The first kappa shape index (κ1) is 14.1. The molecule has 2 N–H and O–H groups in total. The van der Waals surface area contributed by atoms with Gasteiger partial charge in [-0.15, -0.1) is 0 Å². The number of aromatic nitrogens is 2. The van der Waals surface area contributed by atoms with Gasteiger partial charge >= 0.3 is 0 Å². The van der Waals surface area contributed by atoms with Crippen molar-refractivity contribution in [3.63, 3.8) is 0 Å². The molecule has 1 aliphatic rings. The van der Waals surface area contributed by atoms with Crippen molar-refractivity contribution in [2.24, 2.45) is 11.8 Å². The number of para-hydroxylation sites is 2. The van der Waals surface area contributed by atoms with E-state index in [1.54, 1.807) is 0 Å². The molecule has 3 rings (SSSR count). The van der Waals surface area contributed by atoms with E-state index >= 15 is 0 Å². The maximum Gasteiger partial charge on any atom is 0.223 e. The first-order valence-corrected chi connectivity index (χ1v) is 7.90. The molecule has 0 radical (unpaired) electrons. The summed E-state index contributed by atoms with van der Waals surface area (Å²) in [6, 6.07) is 7.93. The minimum atomic E-state index is -0.0505. The van der Waals surface area contributed by atoms with Gasteiger partial charge in [-0.25, -0.2) is 4.98 Å². The average Bonchev–Trinajstić information content (AvgIpc) is 3.12. The largest absolute Gasteiger partial charge is 0.346 e. The molecule has 21 heavy (non-hydrogen) atoms. The van der Waals surface area contributed by atoms with Crippen LogP contribution < -0.4 is 5.32 Å². The smallest absolute Gasteiger partial charge is 0.223 e. The summed E-state index contributed by atoms with van der Waals surface area (Å²) in [6.07, 6.45) is 4.40. The molecule has 1 atom stereocenters. The van der Waals surface area contributed by atoms with Crippen molar-refractivity contribution >= 4 is 16.9 Å². The molecule has 0 bridgehead atoms. The van der Waals surface area contributed by atoms with Crippen molar-refractivity contribution in [2.75, 3.05) is 0 Å². The molecule has 2 aromatic rings. The van der Waals surface area contributed by atoms with Crippen LogP contribution >= 0.6 is 0 Å². The lowest BCUT2D eigenvalue weighted by Crippen LogP contribution is -2.36. The molecule has 1 saturated carbocycles. The van der Waals surface area contributed by atoms with Crippen molar-refractivity contribution in [2.45, 2.75) is 45.6 Å². The van der Waals surface area contributed by atoms with Gasteiger partial charge < -0.3 is 10.3 Å². The highest BCUT2D eigenvalue weighted by Gasteiger charge is 2.27. The summed E-state index contributed by atoms with van der Waals surface area (Å²) in [5.41, 5.74) is 1.97. The first-order valence-electron chi connectivity index (χ1n) is 7.90. The molecular formula is C17H23N3O. The molecule has 1 aromatic heterocycles. The summed E-state index contributed by atoms with van der Waals surface area (Å²) in [5.74, 6) is 1.54. The highest BCUT2D eigenvalue weighted by atomic mass is 16.2. The Morgan fingerprint density at radius 2 is 2.00 bits per heavy atom.